The molecule has 6 aromatic rings. The van der Waals surface area contributed by atoms with Gasteiger partial charge in [-0.15, -0.1) is 0 Å². The zero-order chi connectivity index (χ0) is 32.6. The smallest absolute Gasteiger partial charge is 0.164 e. The van der Waals surface area contributed by atoms with Gasteiger partial charge in [-0.25, -0.2) is 15.0 Å². The van der Waals surface area contributed by atoms with Crippen molar-refractivity contribution in [3.05, 3.63) is 168 Å². The van der Waals surface area contributed by atoms with Crippen LogP contribution in [0.1, 0.15) is 59.7 Å². The minimum atomic E-state index is 0.661. The van der Waals surface area contributed by atoms with Crippen molar-refractivity contribution < 1.29 is 4.42 Å². The molecule has 0 aliphatic heterocycles. The molecule has 4 heteroatoms. The van der Waals surface area contributed by atoms with Gasteiger partial charge < -0.3 is 4.42 Å². The van der Waals surface area contributed by atoms with E-state index in [1.54, 1.807) is 0 Å². The van der Waals surface area contributed by atoms with Crippen LogP contribution in [0.5, 0.6) is 0 Å². The van der Waals surface area contributed by atoms with E-state index < -0.39 is 0 Å². The predicted molar refractivity (Wildman–Crippen MR) is 199 cm³/mol. The van der Waals surface area contributed by atoms with Gasteiger partial charge in [0.1, 0.15) is 11.5 Å². The number of hydrogen-bond donors (Lipinski definition) is 0. The van der Waals surface area contributed by atoms with Gasteiger partial charge in [-0.3, -0.25) is 0 Å². The van der Waals surface area contributed by atoms with Gasteiger partial charge in [0.15, 0.2) is 17.5 Å². The summed E-state index contributed by atoms with van der Waals surface area (Å²) in [4.78, 5) is 15.3. The topological polar surface area (TPSA) is 51.8 Å². The lowest BCUT2D eigenvalue weighted by atomic mass is 9.88. The highest BCUT2D eigenvalue weighted by atomic mass is 16.3. The molecular formula is C45H35N3O. The maximum atomic E-state index is 6.38. The number of fused-ring (bicyclic) bond motifs is 3. The Morgan fingerprint density at radius 1 is 0.469 bits per heavy atom. The molecule has 0 atom stereocenters. The van der Waals surface area contributed by atoms with Crippen LogP contribution in [0.2, 0.25) is 0 Å². The number of benzene rings is 4. The van der Waals surface area contributed by atoms with Gasteiger partial charge in [-0.1, -0.05) is 134 Å². The fourth-order valence-electron chi connectivity index (χ4n) is 7.24. The number of allylic oxidation sites excluding steroid dienone is 6. The van der Waals surface area contributed by atoms with Crippen molar-refractivity contribution >= 4 is 17.2 Å². The summed E-state index contributed by atoms with van der Waals surface area (Å²) in [7, 11) is 0. The van der Waals surface area contributed by atoms with Gasteiger partial charge in [0.2, 0.25) is 0 Å². The fourth-order valence-corrected chi connectivity index (χ4v) is 7.24. The Labute approximate surface area is 287 Å². The molecule has 0 unspecified atom stereocenters. The molecular weight excluding hydrogens is 599 g/mol. The molecule has 0 bridgehead atoms. The van der Waals surface area contributed by atoms with E-state index in [1.165, 1.54) is 33.4 Å². The van der Waals surface area contributed by atoms with E-state index in [-0.39, 0.29) is 0 Å². The second kappa shape index (κ2) is 12.6. The second-order valence-electron chi connectivity index (χ2n) is 12.8. The molecule has 9 rings (SSSR count). The Hall–Kier alpha value is -5.87. The van der Waals surface area contributed by atoms with Crippen molar-refractivity contribution in [3.8, 4) is 45.0 Å². The molecule has 4 nitrogen and oxygen atoms in total. The third-order valence-corrected chi connectivity index (χ3v) is 9.70. The van der Waals surface area contributed by atoms with Crippen LogP contribution < -0.4 is 0 Å². The third-order valence-electron chi connectivity index (χ3n) is 9.70. The van der Waals surface area contributed by atoms with Crippen molar-refractivity contribution in [2.45, 2.75) is 38.5 Å². The molecule has 3 aliphatic rings. The SMILES string of the molecule is C1=CC(c2cc(-c3ccccc3)ccc2-c2ccc(-c3nc(C4=CCCc5oc6c(c54)C=CCC6)nc(-c4ccccc4)n3)cc2)=CCC1. The van der Waals surface area contributed by atoms with Crippen LogP contribution in [0.3, 0.4) is 0 Å². The van der Waals surface area contributed by atoms with Crippen LogP contribution in [0.25, 0.3) is 62.3 Å². The summed E-state index contributed by atoms with van der Waals surface area (Å²) in [6.45, 7) is 0. The highest BCUT2D eigenvalue weighted by Gasteiger charge is 2.28. The highest BCUT2D eigenvalue weighted by Crippen LogP contribution is 2.40. The monoisotopic (exact) mass is 633 g/mol. The zero-order valence-electron chi connectivity index (χ0n) is 27.3. The average molecular weight is 634 g/mol. The molecule has 0 saturated carbocycles. The van der Waals surface area contributed by atoms with Crippen molar-refractivity contribution in [2.75, 3.05) is 0 Å². The standard InChI is InChI=1S/C45H35N3O/c1-4-13-30(14-5-1)35-27-28-36(39(29-35)31-15-6-2-7-16-31)32-23-25-34(26-24-32)44-46-43(33-17-8-3-9-18-33)47-45(48-44)38-20-12-22-41-42(38)37-19-10-11-21-40(37)49-41/h1,3-6,8-10,13-20,23-29H,2,7,11-12,21-22H2. The van der Waals surface area contributed by atoms with Crippen LogP contribution in [0.4, 0.5) is 0 Å². The van der Waals surface area contributed by atoms with E-state index in [0.29, 0.717) is 17.5 Å². The molecule has 49 heavy (non-hydrogen) atoms. The minimum Gasteiger partial charge on any atom is -0.465 e. The lowest BCUT2D eigenvalue weighted by molar-refractivity contribution is 0.462. The van der Waals surface area contributed by atoms with Crippen LogP contribution in [-0.2, 0) is 12.8 Å². The summed E-state index contributed by atoms with van der Waals surface area (Å²) >= 11 is 0. The first-order valence-electron chi connectivity index (χ1n) is 17.3. The van der Waals surface area contributed by atoms with Crippen molar-refractivity contribution in [3.63, 3.8) is 0 Å². The Morgan fingerprint density at radius 2 is 1.12 bits per heavy atom. The van der Waals surface area contributed by atoms with E-state index in [9.17, 15) is 0 Å². The average Bonchev–Trinajstić information content (AvgIpc) is 3.58. The van der Waals surface area contributed by atoms with E-state index in [4.69, 9.17) is 19.4 Å². The van der Waals surface area contributed by atoms with Gasteiger partial charge in [-0.05, 0) is 65.1 Å². The normalized spacial score (nSPS) is 14.9. The molecule has 0 amide bonds. The lowest BCUT2D eigenvalue weighted by Crippen LogP contribution is -2.07. The zero-order valence-corrected chi connectivity index (χ0v) is 27.3. The van der Waals surface area contributed by atoms with Crippen LogP contribution in [-0.4, -0.2) is 15.0 Å². The molecule has 0 saturated heterocycles. The van der Waals surface area contributed by atoms with Crippen LogP contribution in [0.15, 0.2) is 138 Å². The van der Waals surface area contributed by atoms with Gasteiger partial charge in [-0.2, -0.15) is 0 Å². The first-order chi connectivity index (χ1) is 24.3. The largest absolute Gasteiger partial charge is 0.465 e. The number of aromatic nitrogens is 3. The molecule has 3 aliphatic carbocycles. The van der Waals surface area contributed by atoms with E-state index in [2.05, 4.69) is 121 Å². The van der Waals surface area contributed by atoms with Gasteiger partial charge in [0.05, 0.1) is 0 Å². The molecule has 0 radical (unpaired) electrons. The first-order valence-corrected chi connectivity index (χ1v) is 17.3. The van der Waals surface area contributed by atoms with E-state index >= 15 is 0 Å². The van der Waals surface area contributed by atoms with Crippen molar-refractivity contribution in [1.29, 1.82) is 0 Å². The Bertz CT molecular complexity index is 2310. The maximum absolute atomic E-state index is 6.38. The summed E-state index contributed by atoms with van der Waals surface area (Å²) < 4.78 is 6.38. The second-order valence-corrected chi connectivity index (χ2v) is 12.8. The third kappa shape index (κ3) is 5.59. The quantitative estimate of drug-likeness (QED) is 0.183. The molecule has 4 aromatic carbocycles. The minimum absolute atomic E-state index is 0.661. The summed E-state index contributed by atoms with van der Waals surface area (Å²) in [6, 6.07) is 36.3. The van der Waals surface area contributed by atoms with Crippen molar-refractivity contribution in [1.82, 2.24) is 15.0 Å². The summed E-state index contributed by atoms with van der Waals surface area (Å²) in [6.07, 6.45) is 19.5. The van der Waals surface area contributed by atoms with Gasteiger partial charge >= 0.3 is 0 Å². The Kier molecular flexibility index (Phi) is 7.55. The Balaban J connectivity index is 1.13. The van der Waals surface area contributed by atoms with Gasteiger partial charge in [0.25, 0.3) is 0 Å². The summed E-state index contributed by atoms with van der Waals surface area (Å²) in [5.41, 5.74) is 12.6. The molecule has 0 fully saturated rings. The highest BCUT2D eigenvalue weighted by molar-refractivity contribution is 5.89. The molecule has 2 aromatic heterocycles. The summed E-state index contributed by atoms with van der Waals surface area (Å²) in [5.74, 6) is 4.13. The van der Waals surface area contributed by atoms with Crippen molar-refractivity contribution in [2.24, 2.45) is 0 Å². The Morgan fingerprint density at radius 3 is 1.88 bits per heavy atom. The van der Waals surface area contributed by atoms with E-state index in [1.807, 2.05) is 18.2 Å². The predicted octanol–water partition coefficient (Wildman–Crippen LogP) is 11.2. The number of furan rings is 1. The maximum Gasteiger partial charge on any atom is 0.164 e. The number of rotatable bonds is 6. The van der Waals surface area contributed by atoms with E-state index in [0.717, 1.165) is 77.9 Å². The first kappa shape index (κ1) is 29.3. The number of nitrogens with zero attached hydrogens (tertiary/aromatic N) is 3. The van der Waals surface area contributed by atoms with Crippen LogP contribution in [0, 0.1) is 0 Å². The fraction of sp³-hybridized carbons (Fsp3) is 0.133. The lowest BCUT2D eigenvalue weighted by Gasteiger charge is -2.16. The molecule has 0 spiro atoms. The molecule has 2 heterocycles. The molecule has 0 N–H and O–H groups in total. The summed E-state index contributed by atoms with van der Waals surface area (Å²) in [5, 5.41) is 0. The molecule has 236 valence electrons. The number of aryl methyl sites for hydroxylation is 2. The van der Waals surface area contributed by atoms with Crippen LogP contribution >= 0.6 is 0 Å². The number of hydrogen-bond acceptors (Lipinski definition) is 4. The van der Waals surface area contributed by atoms with Gasteiger partial charge in [0, 0.05) is 40.7 Å².